The van der Waals surface area contributed by atoms with Crippen LogP contribution in [-0.4, -0.2) is 53.6 Å². The Balaban J connectivity index is 1.20. The fraction of sp³-hybridized carbons (Fsp3) is 0.345. The van der Waals surface area contributed by atoms with Gasteiger partial charge in [0, 0.05) is 23.0 Å². The third kappa shape index (κ3) is 16.6. The Bertz CT molecular complexity index is 2280. The van der Waals surface area contributed by atoms with Crippen molar-refractivity contribution in [2.24, 2.45) is 0 Å². The fourth-order valence-corrected chi connectivity index (χ4v) is 10.1. The van der Waals surface area contributed by atoms with Gasteiger partial charge in [-0.2, -0.15) is 34.0 Å². The van der Waals surface area contributed by atoms with E-state index < -0.39 is 18.1 Å². The average Bonchev–Trinajstić information content (AvgIpc) is 4.18. The highest BCUT2D eigenvalue weighted by atomic mass is 32.1. The monoisotopic (exact) mass is 1000 g/mol. The smallest absolute Gasteiger partial charge is 0.246 e. The third-order valence-electron chi connectivity index (χ3n) is 11.9. The number of carbonyl (C=O) groups is 6. The predicted octanol–water partition coefficient (Wildman–Crippen LogP) is 10.6. The van der Waals surface area contributed by atoms with Crippen LogP contribution < -0.4 is 31.9 Å². The van der Waals surface area contributed by atoms with Crippen LogP contribution in [0.15, 0.2) is 123 Å². The number of nitrogens with one attached hydrogen (secondary N) is 6. The van der Waals surface area contributed by atoms with Crippen molar-refractivity contribution >= 4 is 86.5 Å². The number of rotatable bonds is 27. The molecule has 3 aromatic heterocycles. The van der Waals surface area contributed by atoms with Crippen LogP contribution in [0.25, 0.3) is 0 Å². The SMILES string of the molecule is CCCC[C@H](NC(=O)Cc1ccsc1)C(=O)Nc1ccc(C(c2ccc(NC(=O)[C@H](CCCC)NC(=O)Cc3ccsc3)cc2)c2ccc(NC(=O)[C@H](CCCC)NC(=O)Cc3ccsc3)cc2)cc1. The zero-order valence-electron chi connectivity index (χ0n) is 40.1. The maximum atomic E-state index is 13.6. The molecule has 0 saturated carbocycles. The molecule has 12 nitrogen and oxygen atoms in total. The van der Waals surface area contributed by atoms with Crippen molar-refractivity contribution in [3.63, 3.8) is 0 Å². The fourth-order valence-electron chi connectivity index (χ4n) is 8.05. The molecule has 0 aliphatic carbocycles. The van der Waals surface area contributed by atoms with E-state index in [9.17, 15) is 28.8 Å². The molecule has 0 bridgehead atoms. The molecular weight excluding hydrogens is 937 g/mol. The van der Waals surface area contributed by atoms with Crippen molar-refractivity contribution in [2.75, 3.05) is 16.0 Å². The molecule has 70 heavy (non-hydrogen) atoms. The minimum atomic E-state index is -0.690. The number of anilines is 3. The van der Waals surface area contributed by atoms with Gasteiger partial charge >= 0.3 is 0 Å². The van der Waals surface area contributed by atoms with E-state index in [2.05, 4.69) is 31.9 Å². The third-order valence-corrected chi connectivity index (χ3v) is 14.1. The molecule has 6 N–H and O–H groups in total. The Labute approximate surface area is 423 Å². The highest BCUT2D eigenvalue weighted by Crippen LogP contribution is 2.34. The maximum Gasteiger partial charge on any atom is 0.246 e. The summed E-state index contributed by atoms with van der Waals surface area (Å²) in [6.45, 7) is 6.14. The predicted molar refractivity (Wildman–Crippen MR) is 285 cm³/mol. The maximum absolute atomic E-state index is 13.6. The van der Waals surface area contributed by atoms with Crippen LogP contribution in [0.5, 0.6) is 0 Å². The standard InChI is InChI=1S/C55H64N6O6S3/c1-4-7-10-46(59-49(62)31-37-25-28-68-34-37)53(65)56-43-19-13-40(14-20-43)52(41-15-21-44(22-16-41)57-54(66)47(11-8-5-2)60-50(63)32-38-26-29-69-35-38)42-17-23-45(24-18-42)58-55(67)48(12-9-6-3)61-51(64)33-39-27-30-70-36-39/h13-30,34-36,46-48,52H,4-12,31-33H2,1-3H3,(H,56,65)(H,57,66)(H,58,67)(H,59,62)(H,60,63)(H,61,64)/t46-,47-,48-/m0/s1. The van der Waals surface area contributed by atoms with Gasteiger partial charge in [0.2, 0.25) is 35.4 Å². The van der Waals surface area contributed by atoms with Crippen molar-refractivity contribution in [1.82, 2.24) is 16.0 Å². The molecule has 0 aliphatic rings. The molecule has 3 atom stereocenters. The molecule has 6 rings (SSSR count). The van der Waals surface area contributed by atoms with Gasteiger partial charge < -0.3 is 31.9 Å². The zero-order chi connectivity index (χ0) is 49.7. The number of carbonyl (C=O) groups excluding carboxylic acids is 6. The van der Waals surface area contributed by atoms with Gasteiger partial charge in [0.1, 0.15) is 18.1 Å². The van der Waals surface area contributed by atoms with Crippen molar-refractivity contribution < 1.29 is 28.8 Å². The summed E-state index contributed by atoms with van der Waals surface area (Å²) in [7, 11) is 0. The number of hydrogen-bond acceptors (Lipinski definition) is 9. The summed E-state index contributed by atoms with van der Waals surface area (Å²) in [5.41, 5.74) is 7.21. The number of thiophene rings is 3. The lowest BCUT2D eigenvalue weighted by molar-refractivity contribution is -0.126. The van der Waals surface area contributed by atoms with Crippen LogP contribution in [0.3, 0.4) is 0 Å². The summed E-state index contributed by atoms with van der Waals surface area (Å²) in [6.07, 6.45) is 7.12. The lowest BCUT2D eigenvalue weighted by Gasteiger charge is -2.22. The Morgan fingerprint density at radius 3 is 0.900 bits per heavy atom. The zero-order valence-corrected chi connectivity index (χ0v) is 42.5. The quantitative estimate of drug-likeness (QED) is 0.0280. The molecular formula is C55H64N6O6S3. The molecule has 6 amide bonds. The molecule has 368 valence electrons. The highest BCUT2D eigenvalue weighted by molar-refractivity contribution is 7.08. The van der Waals surface area contributed by atoms with Gasteiger partial charge in [-0.3, -0.25) is 28.8 Å². The minimum Gasteiger partial charge on any atom is -0.344 e. The van der Waals surface area contributed by atoms with Gasteiger partial charge in [0.25, 0.3) is 0 Å². The molecule has 0 unspecified atom stereocenters. The first-order valence-corrected chi connectivity index (χ1v) is 27.0. The molecule has 3 aromatic carbocycles. The van der Waals surface area contributed by atoms with Crippen molar-refractivity contribution in [3.05, 3.63) is 157 Å². The number of amides is 6. The van der Waals surface area contributed by atoms with E-state index in [-0.39, 0.29) is 60.6 Å². The van der Waals surface area contributed by atoms with E-state index in [1.54, 1.807) is 0 Å². The number of hydrogen-bond donors (Lipinski definition) is 6. The summed E-state index contributed by atoms with van der Waals surface area (Å²) in [6, 6.07) is 26.5. The summed E-state index contributed by atoms with van der Waals surface area (Å²) >= 11 is 4.57. The number of unbranched alkanes of at least 4 members (excludes halogenated alkanes) is 3. The van der Waals surface area contributed by atoms with E-state index in [4.69, 9.17) is 0 Å². The minimum absolute atomic E-state index is 0.204. The van der Waals surface area contributed by atoms with Crippen molar-refractivity contribution in [2.45, 2.75) is 122 Å². The molecule has 6 aromatic rings. The molecule has 0 aliphatic heterocycles. The summed E-state index contributed by atoms with van der Waals surface area (Å²) in [4.78, 5) is 79.7. The lowest BCUT2D eigenvalue weighted by Crippen LogP contribution is -2.44. The summed E-state index contributed by atoms with van der Waals surface area (Å²) in [5.74, 6) is -1.78. The van der Waals surface area contributed by atoms with E-state index in [0.717, 1.165) is 71.9 Å². The normalized spacial score (nSPS) is 12.3. The van der Waals surface area contributed by atoms with Crippen LogP contribution in [0.2, 0.25) is 0 Å². The van der Waals surface area contributed by atoms with Gasteiger partial charge in [-0.05, 0) is 140 Å². The Kier molecular flexibility index (Phi) is 20.9. The van der Waals surface area contributed by atoms with E-state index in [1.165, 1.54) is 34.0 Å². The summed E-state index contributed by atoms with van der Waals surface area (Å²) in [5, 5.41) is 29.4. The molecule has 0 saturated heterocycles. The van der Waals surface area contributed by atoms with Crippen LogP contribution in [-0.2, 0) is 48.0 Å². The van der Waals surface area contributed by atoms with Crippen LogP contribution in [0, 0.1) is 0 Å². The summed E-state index contributed by atoms with van der Waals surface area (Å²) < 4.78 is 0. The van der Waals surface area contributed by atoms with Gasteiger partial charge in [-0.1, -0.05) is 95.7 Å². The van der Waals surface area contributed by atoms with E-state index in [1.807, 2.05) is 144 Å². The lowest BCUT2D eigenvalue weighted by atomic mass is 9.85. The average molecular weight is 1000 g/mol. The molecule has 0 spiro atoms. The highest BCUT2D eigenvalue weighted by Gasteiger charge is 2.25. The van der Waals surface area contributed by atoms with Crippen LogP contribution in [0.1, 0.15) is 118 Å². The first-order valence-electron chi connectivity index (χ1n) is 24.2. The van der Waals surface area contributed by atoms with Gasteiger partial charge in [0.05, 0.1) is 19.3 Å². The van der Waals surface area contributed by atoms with Crippen molar-refractivity contribution in [1.29, 1.82) is 0 Å². The Morgan fingerprint density at radius 2 is 0.671 bits per heavy atom. The molecule has 0 radical (unpaired) electrons. The van der Waals surface area contributed by atoms with Crippen LogP contribution >= 0.6 is 34.0 Å². The number of benzene rings is 3. The van der Waals surface area contributed by atoms with Crippen molar-refractivity contribution in [3.8, 4) is 0 Å². The first kappa shape index (κ1) is 52.9. The molecule has 0 fully saturated rings. The second kappa shape index (κ2) is 27.7. The first-order chi connectivity index (χ1) is 34.0. The van der Waals surface area contributed by atoms with Crippen LogP contribution in [0.4, 0.5) is 17.1 Å². The van der Waals surface area contributed by atoms with E-state index >= 15 is 0 Å². The van der Waals surface area contributed by atoms with Gasteiger partial charge in [-0.15, -0.1) is 0 Å². The topological polar surface area (TPSA) is 175 Å². The van der Waals surface area contributed by atoms with E-state index in [0.29, 0.717) is 36.3 Å². The molecule has 3 heterocycles. The van der Waals surface area contributed by atoms with Gasteiger partial charge in [-0.25, -0.2) is 0 Å². The second-order valence-corrected chi connectivity index (χ2v) is 19.8. The Hall–Kier alpha value is -6.42. The molecule has 15 heteroatoms. The second-order valence-electron chi connectivity index (χ2n) is 17.5. The largest absolute Gasteiger partial charge is 0.344 e. The van der Waals surface area contributed by atoms with Gasteiger partial charge in [0.15, 0.2) is 0 Å². The Morgan fingerprint density at radius 1 is 0.400 bits per heavy atom.